The highest BCUT2D eigenvalue weighted by Gasteiger charge is 2.28. The first-order chi connectivity index (χ1) is 16.1. The number of piperidine rings is 1. The molecule has 1 aliphatic heterocycles. The monoisotopic (exact) mass is 469 g/mol. The molecule has 0 aromatic carbocycles. The number of aromatic nitrogens is 3. The molecule has 0 atom stereocenters. The lowest BCUT2D eigenvalue weighted by Crippen LogP contribution is -2.36. The number of nitrogens with zero attached hydrogens (tertiary/aromatic N) is 5. The normalized spacial score (nSPS) is 15.0. The van der Waals surface area contributed by atoms with Crippen LogP contribution in [0, 0.1) is 0 Å². The van der Waals surface area contributed by atoms with E-state index in [0.29, 0.717) is 18.4 Å². The van der Waals surface area contributed by atoms with Crippen molar-refractivity contribution in [1.82, 2.24) is 25.2 Å². The fourth-order valence-corrected chi connectivity index (χ4v) is 5.50. The second-order valence-electron chi connectivity index (χ2n) is 8.21. The molecule has 10 heteroatoms. The maximum Gasteiger partial charge on any atom is 0.261 e. The summed E-state index contributed by atoms with van der Waals surface area (Å²) in [5.74, 6) is 1.72. The van der Waals surface area contributed by atoms with Crippen LogP contribution in [0.15, 0.2) is 30.6 Å². The van der Waals surface area contributed by atoms with E-state index in [1.165, 1.54) is 11.3 Å². The Morgan fingerprint density at radius 2 is 2.09 bits per heavy atom. The van der Waals surface area contributed by atoms with Gasteiger partial charge in [0.15, 0.2) is 0 Å². The van der Waals surface area contributed by atoms with Crippen molar-refractivity contribution in [3.8, 4) is 0 Å². The molecule has 1 fully saturated rings. The Bertz CT molecular complexity index is 1080. The molecule has 0 radical (unpaired) electrons. The van der Waals surface area contributed by atoms with E-state index in [2.05, 4.69) is 36.6 Å². The second kappa shape index (κ2) is 10.9. The third kappa shape index (κ3) is 5.40. The Kier molecular flexibility index (Phi) is 7.69. The van der Waals surface area contributed by atoms with Crippen LogP contribution in [0.25, 0.3) is 10.2 Å². The zero-order valence-electron chi connectivity index (χ0n) is 19.1. The van der Waals surface area contributed by atoms with Gasteiger partial charge in [-0.15, -0.1) is 11.3 Å². The summed E-state index contributed by atoms with van der Waals surface area (Å²) in [4.78, 5) is 31.9. The predicted molar refractivity (Wildman–Crippen MR) is 132 cm³/mol. The largest absolute Gasteiger partial charge is 0.395 e. The van der Waals surface area contributed by atoms with E-state index < -0.39 is 0 Å². The maximum atomic E-state index is 12.5. The third-order valence-electron chi connectivity index (χ3n) is 6.11. The molecule has 3 aromatic heterocycles. The highest BCUT2D eigenvalue weighted by molar-refractivity contribution is 7.20. The number of fused-ring (bicyclic) bond motifs is 1. The van der Waals surface area contributed by atoms with Crippen LogP contribution in [-0.2, 0) is 0 Å². The first kappa shape index (κ1) is 23.3. The number of amides is 1. The van der Waals surface area contributed by atoms with Crippen LogP contribution >= 0.6 is 11.3 Å². The van der Waals surface area contributed by atoms with Gasteiger partial charge in [0.1, 0.15) is 10.6 Å². The zero-order valence-corrected chi connectivity index (χ0v) is 19.9. The SMILES string of the molecule is CNC(=O)c1sc2ncccc2c1C1CCN(CCNc2nccc(N(C)CCO)n2)CC1. The maximum absolute atomic E-state index is 12.5. The molecule has 176 valence electrons. The Morgan fingerprint density at radius 1 is 1.27 bits per heavy atom. The lowest BCUT2D eigenvalue weighted by molar-refractivity contribution is 0.0965. The summed E-state index contributed by atoms with van der Waals surface area (Å²) in [5.41, 5.74) is 1.16. The minimum absolute atomic E-state index is 0.0218. The summed E-state index contributed by atoms with van der Waals surface area (Å²) in [7, 11) is 3.58. The number of rotatable bonds is 9. The van der Waals surface area contributed by atoms with Crippen LogP contribution < -0.4 is 15.5 Å². The van der Waals surface area contributed by atoms with E-state index in [-0.39, 0.29) is 12.5 Å². The van der Waals surface area contributed by atoms with Crippen molar-refractivity contribution in [2.75, 3.05) is 63.6 Å². The van der Waals surface area contributed by atoms with E-state index in [1.54, 1.807) is 19.4 Å². The van der Waals surface area contributed by atoms with Crippen molar-refractivity contribution >= 4 is 39.2 Å². The van der Waals surface area contributed by atoms with Crippen molar-refractivity contribution in [2.24, 2.45) is 0 Å². The summed E-state index contributed by atoms with van der Waals surface area (Å²) in [6.45, 7) is 4.24. The molecule has 0 spiro atoms. The molecule has 0 saturated carbocycles. The van der Waals surface area contributed by atoms with Crippen LogP contribution in [0.5, 0.6) is 0 Å². The molecule has 0 bridgehead atoms. The zero-order chi connectivity index (χ0) is 23.2. The van der Waals surface area contributed by atoms with Crippen LogP contribution in [0.3, 0.4) is 0 Å². The molecule has 4 heterocycles. The number of hydrogen-bond donors (Lipinski definition) is 3. The fraction of sp³-hybridized carbons (Fsp3) is 0.478. The number of carbonyl (C=O) groups is 1. The molecule has 33 heavy (non-hydrogen) atoms. The van der Waals surface area contributed by atoms with Crippen LogP contribution in [0.4, 0.5) is 11.8 Å². The molecule has 3 N–H and O–H groups in total. The topological polar surface area (TPSA) is 107 Å². The van der Waals surface area contributed by atoms with Crippen molar-refractivity contribution in [3.63, 3.8) is 0 Å². The quantitative estimate of drug-likeness (QED) is 0.438. The molecule has 0 unspecified atom stereocenters. The number of aliphatic hydroxyl groups excluding tert-OH is 1. The summed E-state index contributed by atoms with van der Waals surface area (Å²) in [6.07, 6.45) is 5.55. The number of carbonyl (C=O) groups excluding carboxylic acids is 1. The fourth-order valence-electron chi connectivity index (χ4n) is 4.32. The minimum atomic E-state index is -0.0218. The second-order valence-corrected chi connectivity index (χ2v) is 9.21. The predicted octanol–water partition coefficient (Wildman–Crippen LogP) is 2.17. The summed E-state index contributed by atoms with van der Waals surface area (Å²) in [5, 5.41) is 16.3. The number of aliphatic hydroxyl groups is 1. The van der Waals surface area contributed by atoms with Crippen molar-refractivity contribution in [1.29, 1.82) is 0 Å². The number of thiophene rings is 1. The van der Waals surface area contributed by atoms with E-state index in [9.17, 15) is 4.79 Å². The first-order valence-electron chi connectivity index (χ1n) is 11.3. The molecule has 4 rings (SSSR count). The molecule has 0 aliphatic carbocycles. The Morgan fingerprint density at radius 3 is 2.85 bits per heavy atom. The summed E-state index contributed by atoms with van der Waals surface area (Å²) >= 11 is 1.49. The molecule has 1 saturated heterocycles. The van der Waals surface area contributed by atoms with Gasteiger partial charge in [-0.25, -0.2) is 9.97 Å². The van der Waals surface area contributed by atoms with Gasteiger partial charge in [0.2, 0.25) is 5.95 Å². The molecule has 1 aliphatic rings. The van der Waals surface area contributed by atoms with E-state index in [1.807, 2.05) is 24.1 Å². The van der Waals surface area contributed by atoms with Crippen LogP contribution in [0.2, 0.25) is 0 Å². The Hall–Kier alpha value is -2.82. The summed E-state index contributed by atoms with van der Waals surface area (Å²) < 4.78 is 0. The minimum Gasteiger partial charge on any atom is -0.395 e. The van der Waals surface area contributed by atoms with Gasteiger partial charge in [0.25, 0.3) is 5.91 Å². The van der Waals surface area contributed by atoms with Gasteiger partial charge in [0, 0.05) is 51.5 Å². The molecule has 3 aromatic rings. The summed E-state index contributed by atoms with van der Waals surface area (Å²) in [6, 6.07) is 5.87. The average molecular weight is 470 g/mol. The van der Waals surface area contributed by atoms with Gasteiger partial charge < -0.3 is 25.5 Å². The third-order valence-corrected chi connectivity index (χ3v) is 7.24. The van der Waals surface area contributed by atoms with Crippen LogP contribution in [-0.4, -0.2) is 84.3 Å². The number of likely N-dealkylation sites (N-methyl/N-ethyl adjacent to an activating group) is 1. The van der Waals surface area contributed by atoms with Gasteiger partial charge in [-0.05, 0) is 49.5 Å². The number of pyridine rings is 1. The van der Waals surface area contributed by atoms with Crippen molar-refractivity contribution in [2.45, 2.75) is 18.8 Å². The van der Waals surface area contributed by atoms with E-state index in [0.717, 1.165) is 65.5 Å². The lowest BCUT2D eigenvalue weighted by Gasteiger charge is -2.32. The van der Waals surface area contributed by atoms with Gasteiger partial charge in [0.05, 0.1) is 11.5 Å². The highest BCUT2D eigenvalue weighted by Crippen LogP contribution is 2.39. The van der Waals surface area contributed by atoms with Crippen LogP contribution in [0.1, 0.15) is 34.0 Å². The molecule has 9 nitrogen and oxygen atoms in total. The van der Waals surface area contributed by atoms with Gasteiger partial charge in [-0.3, -0.25) is 4.79 Å². The van der Waals surface area contributed by atoms with E-state index in [4.69, 9.17) is 5.11 Å². The highest BCUT2D eigenvalue weighted by atomic mass is 32.1. The van der Waals surface area contributed by atoms with Gasteiger partial charge in [-0.1, -0.05) is 6.07 Å². The standard InChI is InChI=1S/C23H31N7O2S/c1-24-21(32)20-19(17-4-3-8-25-22(17)33-20)16-6-11-30(12-7-16)13-10-27-23-26-9-5-18(28-23)29(2)14-15-31/h3-5,8-9,16,31H,6-7,10-15H2,1-2H3,(H,24,32)(H,26,27,28). The number of hydrogen-bond acceptors (Lipinski definition) is 9. The number of likely N-dealkylation sites (tertiary alicyclic amines) is 1. The van der Waals surface area contributed by atoms with Gasteiger partial charge >= 0.3 is 0 Å². The number of anilines is 2. The molecule has 1 amide bonds. The lowest BCUT2D eigenvalue weighted by atomic mass is 9.87. The molecular weight excluding hydrogens is 438 g/mol. The van der Waals surface area contributed by atoms with E-state index >= 15 is 0 Å². The van der Waals surface area contributed by atoms with Crippen molar-refractivity contribution in [3.05, 3.63) is 41.0 Å². The Labute approximate surface area is 197 Å². The molecular formula is C23H31N7O2S. The Balaban J connectivity index is 1.33. The first-order valence-corrected chi connectivity index (χ1v) is 12.1. The smallest absolute Gasteiger partial charge is 0.261 e. The van der Waals surface area contributed by atoms with Crippen molar-refractivity contribution < 1.29 is 9.90 Å². The van der Waals surface area contributed by atoms with Gasteiger partial charge in [-0.2, -0.15) is 4.98 Å². The number of nitrogens with one attached hydrogen (secondary N) is 2. The average Bonchev–Trinajstić information content (AvgIpc) is 3.24.